The van der Waals surface area contributed by atoms with Crippen molar-refractivity contribution in [3.63, 3.8) is 0 Å². The van der Waals surface area contributed by atoms with Gasteiger partial charge in [-0.25, -0.2) is 0 Å². The molecule has 2 heterocycles. The van der Waals surface area contributed by atoms with Crippen LogP contribution in [0.15, 0.2) is 57.3 Å². The average Bonchev–Trinajstić information content (AvgIpc) is 3.23. The Labute approximate surface area is 177 Å². The first kappa shape index (κ1) is 19.2. The Balaban J connectivity index is 1.71. The number of hydrogen-bond acceptors (Lipinski definition) is 7. The number of ether oxygens (including phenoxy) is 2. The van der Waals surface area contributed by atoms with E-state index in [-0.39, 0.29) is 5.91 Å². The van der Waals surface area contributed by atoms with Crippen molar-refractivity contribution in [2.75, 3.05) is 30.6 Å². The molecule has 1 saturated heterocycles. The van der Waals surface area contributed by atoms with Gasteiger partial charge in [-0.2, -0.15) is 0 Å². The van der Waals surface area contributed by atoms with Crippen molar-refractivity contribution >= 4 is 57.3 Å². The Morgan fingerprint density at radius 1 is 1.00 bits per heavy atom. The third-order valence-electron chi connectivity index (χ3n) is 4.52. The molecule has 2 aliphatic heterocycles. The van der Waals surface area contributed by atoms with Crippen molar-refractivity contribution in [3.05, 3.63) is 52.4 Å². The molecule has 144 valence electrons. The van der Waals surface area contributed by atoms with Gasteiger partial charge >= 0.3 is 0 Å². The number of amides is 1. The number of benzene rings is 2. The van der Waals surface area contributed by atoms with Gasteiger partial charge in [0.25, 0.3) is 5.91 Å². The van der Waals surface area contributed by atoms with Crippen molar-refractivity contribution in [1.82, 2.24) is 0 Å². The topological polar surface area (TPSA) is 42.0 Å². The van der Waals surface area contributed by atoms with Crippen LogP contribution in [0.2, 0.25) is 0 Å². The molecule has 28 heavy (non-hydrogen) atoms. The number of thioether (sulfide) groups is 2. The normalized spacial score (nSPS) is 18.7. The smallest absolute Gasteiger partial charge is 0.273 e. The van der Waals surface area contributed by atoms with E-state index in [9.17, 15) is 4.79 Å². The minimum absolute atomic E-state index is 0.0964. The van der Waals surface area contributed by atoms with Crippen LogP contribution < -0.4 is 19.3 Å². The van der Waals surface area contributed by atoms with Crippen LogP contribution in [0.25, 0.3) is 0 Å². The summed E-state index contributed by atoms with van der Waals surface area (Å²) in [6.07, 6.45) is 0. The molecule has 1 fully saturated rings. The van der Waals surface area contributed by atoms with Gasteiger partial charge in [-0.3, -0.25) is 9.69 Å². The average molecular weight is 431 g/mol. The highest BCUT2D eigenvalue weighted by Gasteiger charge is 2.39. The van der Waals surface area contributed by atoms with E-state index in [1.165, 1.54) is 11.8 Å². The van der Waals surface area contributed by atoms with Crippen molar-refractivity contribution in [2.45, 2.75) is 11.8 Å². The van der Waals surface area contributed by atoms with Crippen LogP contribution in [0.4, 0.5) is 11.4 Å². The first-order valence-corrected chi connectivity index (χ1v) is 10.7. The number of fused-ring (bicyclic) bond motifs is 1. The predicted molar refractivity (Wildman–Crippen MR) is 120 cm³/mol. The van der Waals surface area contributed by atoms with Crippen LogP contribution in [0.3, 0.4) is 0 Å². The quantitative estimate of drug-likeness (QED) is 0.506. The maximum absolute atomic E-state index is 13.3. The lowest BCUT2D eigenvalue weighted by molar-refractivity contribution is -0.113. The second kappa shape index (κ2) is 7.69. The molecule has 2 aromatic carbocycles. The van der Waals surface area contributed by atoms with Crippen LogP contribution in [-0.4, -0.2) is 31.0 Å². The molecule has 0 radical (unpaired) electrons. The third-order valence-corrected chi connectivity index (χ3v) is 7.19. The Morgan fingerprint density at radius 3 is 2.32 bits per heavy atom. The molecule has 1 amide bonds. The van der Waals surface area contributed by atoms with E-state index < -0.39 is 0 Å². The number of hydrogen-bond donors (Lipinski definition) is 0. The summed E-state index contributed by atoms with van der Waals surface area (Å²) in [5.41, 5.74) is 1.79. The minimum atomic E-state index is -0.0964. The fourth-order valence-electron chi connectivity index (χ4n) is 3.12. The van der Waals surface area contributed by atoms with Crippen LogP contribution in [0, 0.1) is 0 Å². The first-order chi connectivity index (χ1) is 13.6. The molecule has 5 nitrogen and oxygen atoms in total. The molecule has 8 heteroatoms. The molecule has 0 atom stereocenters. The van der Waals surface area contributed by atoms with Gasteiger partial charge in [-0.15, -0.1) is 0 Å². The van der Waals surface area contributed by atoms with Gasteiger partial charge in [-0.1, -0.05) is 35.7 Å². The van der Waals surface area contributed by atoms with Gasteiger partial charge in [0, 0.05) is 17.5 Å². The van der Waals surface area contributed by atoms with Gasteiger partial charge in [0.15, 0.2) is 4.32 Å². The Hall–Kier alpha value is -2.16. The standard InChI is InChI=1S/C20H18N2O3S3/c1-4-21-15-11-14(25-3)9-10-16(15)27-19(21)17-18(23)22(20(26)28-17)12-5-7-13(24-2)8-6-12/h5-11H,4H2,1-3H3/b19-17-. The second-order valence-corrected chi connectivity index (χ2v) is 8.70. The van der Waals surface area contributed by atoms with Crippen LogP contribution >= 0.6 is 35.7 Å². The molecule has 0 spiro atoms. The third kappa shape index (κ3) is 3.15. The SMILES string of the molecule is CCN1/C(=C2/SC(=S)N(c3ccc(OC)cc3)C2=O)Sc2ccc(OC)cc21. The van der Waals surface area contributed by atoms with Gasteiger partial charge in [0.1, 0.15) is 21.4 Å². The lowest BCUT2D eigenvalue weighted by Gasteiger charge is -2.19. The molecule has 4 rings (SSSR count). The molecule has 2 aromatic rings. The number of nitrogens with zero attached hydrogens (tertiary/aromatic N) is 2. The molecule has 0 N–H and O–H groups in total. The maximum atomic E-state index is 13.3. The van der Waals surface area contributed by atoms with E-state index in [1.54, 1.807) is 30.9 Å². The largest absolute Gasteiger partial charge is 0.497 e. The summed E-state index contributed by atoms with van der Waals surface area (Å²) in [4.78, 5) is 18.7. The zero-order valence-electron chi connectivity index (χ0n) is 15.6. The molecule has 0 aromatic heterocycles. The zero-order chi connectivity index (χ0) is 19.8. The number of rotatable bonds is 4. The summed E-state index contributed by atoms with van der Waals surface area (Å²) in [6, 6.07) is 13.3. The monoisotopic (exact) mass is 430 g/mol. The summed E-state index contributed by atoms with van der Waals surface area (Å²) in [5, 5.41) is 0.916. The van der Waals surface area contributed by atoms with Crippen molar-refractivity contribution < 1.29 is 14.3 Å². The molecule has 0 unspecified atom stereocenters. The number of thiocarbonyl (C=S) groups is 1. The second-order valence-electron chi connectivity index (χ2n) is 6.02. The van der Waals surface area contributed by atoms with E-state index in [2.05, 4.69) is 11.8 Å². The van der Waals surface area contributed by atoms with Crippen LogP contribution in [0.5, 0.6) is 11.5 Å². The van der Waals surface area contributed by atoms with E-state index in [1.807, 2.05) is 42.5 Å². The summed E-state index contributed by atoms with van der Waals surface area (Å²) >= 11 is 8.47. The summed E-state index contributed by atoms with van der Waals surface area (Å²) in [5.74, 6) is 1.44. The summed E-state index contributed by atoms with van der Waals surface area (Å²) in [7, 11) is 3.27. The predicted octanol–water partition coefficient (Wildman–Crippen LogP) is 4.87. The van der Waals surface area contributed by atoms with Gasteiger partial charge in [-0.05, 0) is 43.3 Å². The van der Waals surface area contributed by atoms with Gasteiger partial charge in [0.05, 0.1) is 25.6 Å². The molecule has 0 bridgehead atoms. The van der Waals surface area contributed by atoms with Crippen molar-refractivity contribution in [3.8, 4) is 11.5 Å². The van der Waals surface area contributed by atoms with Crippen molar-refractivity contribution in [1.29, 1.82) is 0 Å². The minimum Gasteiger partial charge on any atom is -0.497 e. The number of anilines is 2. The van der Waals surface area contributed by atoms with Crippen LogP contribution in [0.1, 0.15) is 6.92 Å². The van der Waals surface area contributed by atoms with E-state index >= 15 is 0 Å². The molecule has 0 saturated carbocycles. The molecular weight excluding hydrogens is 412 g/mol. The zero-order valence-corrected chi connectivity index (χ0v) is 18.0. The summed E-state index contributed by atoms with van der Waals surface area (Å²) < 4.78 is 11.1. The van der Waals surface area contributed by atoms with E-state index in [4.69, 9.17) is 21.7 Å². The van der Waals surface area contributed by atoms with Crippen molar-refractivity contribution in [2.24, 2.45) is 0 Å². The lowest BCUT2D eigenvalue weighted by atomic mass is 10.2. The Morgan fingerprint density at radius 2 is 1.68 bits per heavy atom. The van der Waals surface area contributed by atoms with E-state index in [0.717, 1.165) is 39.3 Å². The molecular formula is C20H18N2O3S3. The number of carbonyl (C=O) groups is 1. The summed E-state index contributed by atoms with van der Waals surface area (Å²) in [6.45, 7) is 2.81. The molecule has 0 aliphatic carbocycles. The highest BCUT2D eigenvalue weighted by Crippen LogP contribution is 2.51. The number of methoxy groups -OCH3 is 2. The fourth-order valence-corrected chi connectivity index (χ4v) is 5.78. The highest BCUT2D eigenvalue weighted by atomic mass is 32.2. The maximum Gasteiger partial charge on any atom is 0.273 e. The van der Waals surface area contributed by atoms with Crippen LogP contribution in [-0.2, 0) is 4.79 Å². The Bertz CT molecular complexity index is 989. The van der Waals surface area contributed by atoms with Gasteiger partial charge in [0.2, 0.25) is 0 Å². The highest BCUT2D eigenvalue weighted by molar-refractivity contribution is 8.27. The first-order valence-electron chi connectivity index (χ1n) is 8.65. The number of carbonyl (C=O) groups excluding carboxylic acids is 1. The molecule has 2 aliphatic rings. The van der Waals surface area contributed by atoms with E-state index in [0.29, 0.717) is 9.23 Å². The fraction of sp³-hybridized carbons (Fsp3) is 0.200. The van der Waals surface area contributed by atoms with Gasteiger partial charge < -0.3 is 14.4 Å². The Kier molecular flexibility index (Phi) is 5.27. The lowest BCUT2D eigenvalue weighted by Crippen LogP contribution is -2.28.